The van der Waals surface area contributed by atoms with Gasteiger partial charge in [0.2, 0.25) is 8.32 Å². The number of hydrogen-bond donors (Lipinski definition) is 0. The van der Waals surface area contributed by atoms with E-state index in [2.05, 4.69) is 103 Å². The van der Waals surface area contributed by atoms with E-state index in [0.717, 1.165) is 0 Å². The Morgan fingerprint density at radius 1 is 0.792 bits per heavy atom. The Kier molecular flexibility index (Phi) is 7.53. The second-order valence-corrected chi connectivity index (χ2v) is 18.9. The van der Waals surface area contributed by atoms with Crippen molar-refractivity contribution in [1.29, 1.82) is 0 Å². The van der Waals surface area contributed by atoms with E-state index in [1.165, 1.54) is 5.56 Å². The average Bonchev–Trinajstić information content (AvgIpc) is 2.46. The van der Waals surface area contributed by atoms with E-state index in [4.69, 9.17) is 4.43 Å². The molecule has 0 amide bonds. The maximum Gasteiger partial charge on any atom is 0.202 e. The highest BCUT2D eigenvalue weighted by Crippen LogP contribution is 2.45. The van der Waals surface area contributed by atoms with Gasteiger partial charge in [0.1, 0.15) is 14.2 Å². The predicted octanol–water partition coefficient (Wildman–Crippen LogP) is 6.80. The second-order valence-electron chi connectivity index (χ2n) is 8.75. The van der Waals surface area contributed by atoms with Crippen molar-refractivity contribution < 1.29 is 4.43 Å². The zero-order chi connectivity index (χ0) is 18.5. The van der Waals surface area contributed by atoms with Crippen LogP contribution in [0.5, 0.6) is 0 Å². The van der Waals surface area contributed by atoms with Gasteiger partial charge in [0, 0.05) is 0 Å². The molecular formula is C21H36OSi2. The first-order valence-corrected chi connectivity index (χ1v) is 14.9. The van der Waals surface area contributed by atoms with Crippen LogP contribution < -0.4 is 0 Å². The third-order valence-corrected chi connectivity index (χ3v) is 11.7. The molecule has 24 heavy (non-hydrogen) atoms. The van der Waals surface area contributed by atoms with Crippen molar-refractivity contribution in [2.24, 2.45) is 0 Å². The minimum absolute atomic E-state index is 0.100. The topological polar surface area (TPSA) is 9.23 Å². The van der Waals surface area contributed by atoms with E-state index >= 15 is 0 Å². The molecule has 0 aromatic heterocycles. The molecule has 0 aliphatic carbocycles. The monoisotopic (exact) mass is 360 g/mol. The van der Waals surface area contributed by atoms with Crippen molar-refractivity contribution in [3.05, 3.63) is 35.9 Å². The number of hydrogen-bond acceptors (Lipinski definition) is 1. The Hall–Kier alpha value is -0.826. The average molecular weight is 361 g/mol. The molecule has 0 saturated heterocycles. The quantitative estimate of drug-likeness (QED) is 0.400. The number of benzene rings is 1. The molecule has 1 aromatic carbocycles. The lowest BCUT2D eigenvalue weighted by atomic mass is 10.1. The normalized spacial score (nSPS) is 14.0. The molecular weight excluding hydrogens is 324 g/mol. The van der Waals surface area contributed by atoms with Crippen molar-refractivity contribution in [2.45, 2.75) is 83.9 Å². The van der Waals surface area contributed by atoms with Gasteiger partial charge >= 0.3 is 0 Å². The SMILES string of the molecule is CC(C)[Si](OC(C#C[Si](C)(C)C)c1ccccc1)(C(C)C)C(C)C. The van der Waals surface area contributed by atoms with E-state index in [0.29, 0.717) is 16.6 Å². The van der Waals surface area contributed by atoms with E-state index in [1.807, 2.05) is 0 Å². The van der Waals surface area contributed by atoms with Crippen LogP contribution >= 0.6 is 0 Å². The van der Waals surface area contributed by atoms with Crippen LogP contribution in [-0.4, -0.2) is 16.4 Å². The third-order valence-electron chi connectivity index (χ3n) is 4.71. The molecule has 134 valence electrons. The summed E-state index contributed by atoms with van der Waals surface area (Å²) in [5.74, 6) is 3.52. The van der Waals surface area contributed by atoms with Crippen LogP contribution in [0.4, 0.5) is 0 Å². The summed E-state index contributed by atoms with van der Waals surface area (Å²) in [5, 5.41) is 0. The molecule has 0 spiro atoms. The Labute approximate surface area is 152 Å². The van der Waals surface area contributed by atoms with Crippen LogP contribution in [0.25, 0.3) is 0 Å². The van der Waals surface area contributed by atoms with Crippen molar-refractivity contribution in [2.75, 3.05) is 0 Å². The summed E-state index contributed by atoms with van der Waals surface area (Å²) in [6.07, 6.45) is -0.100. The van der Waals surface area contributed by atoms with Gasteiger partial charge in [0.05, 0.1) is 0 Å². The van der Waals surface area contributed by atoms with Crippen molar-refractivity contribution >= 4 is 16.4 Å². The molecule has 3 heteroatoms. The van der Waals surface area contributed by atoms with Crippen LogP contribution in [0.15, 0.2) is 30.3 Å². The van der Waals surface area contributed by atoms with Crippen LogP contribution in [0.2, 0.25) is 36.3 Å². The largest absolute Gasteiger partial charge is 0.399 e. The standard InChI is InChI=1S/C21H36OSi2/c1-17(2)24(18(3)4,19(5)6)22-21(15-16-23(7,8)9)20-13-11-10-12-14-20/h10-14,17-19,21H,1-9H3. The van der Waals surface area contributed by atoms with Gasteiger partial charge in [0.15, 0.2) is 0 Å². The Morgan fingerprint density at radius 2 is 1.25 bits per heavy atom. The summed E-state index contributed by atoms with van der Waals surface area (Å²) in [6.45, 7) is 20.9. The lowest BCUT2D eigenvalue weighted by Crippen LogP contribution is -2.48. The molecule has 0 heterocycles. The van der Waals surface area contributed by atoms with Gasteiger partial charge in [-0.1, -0.05) is 97.4 Å². The zero-order valence-corrected chi connectivity index (χ0v) is 19.1. The third kappa shape index (κ3) is 5.34. The highest BCUT2D eigenvalue weighted by Gasteiger charge is 2.46. The van der Waals surface area contributed by atoms with Gasteiger partial charge < -0.3 is 4.43 Å². The summed E-state index contributed by atoms with van der Waals surface area (Å²) >= 11 is 0. The molecule has 0 bridgehead atoms. The van der Waals surface area contributed by atoms with E-state index in [-0.39, 0.29) is 6.10 Å². The molecule has 0 radical (unpaired) electrons. The highest BCUT2D eigenvalue weighted by atomic mass is 28.4. The van der Waals surface area contributed by atoms with Crippen molar-refractivity contribution in [1.82, 2.24) is 0 Å². The molecule has 1 rings (SSSR count). The second kappa shape index (κ2) is 8.51. The Balaban J connectivity index is 3.35. The minimum atomic E-state index is -1.96. The fraction of sp³-hybridized carbons (Fsp3) is 0.619. The van der Waals surface area contributed by atoms with Gasteiger partial charge in [-0.15, -0.1) is 5.54 Å². The molecule has 0 fully saturated rings. The molecule has 0 aliphatic heterocycles. The van der Waals surface area contributed by atoms with Crippen LogP contribution in [-0.2, 0) is 4.43 Å². The smallest absolute Gasteiger partial charge is 0.202 e. The van der Waals surface area contributed by atoms with Crippen LogP contribution in [0, 0.1) is 11.5 Å². The summed E-state index contributed by atoms with van der Waals surface area (Å²) in [6, 6.07) is 10.6. The minimum Gasteiger partial charge on any atom is -0.399 e. The summed E-state index contributed by atoms with van der Waals surface area (Å²) in [7, 11) is -3.39. The van der Waals surface area contributed by atoms with E-state index < -0.39 is 16.4 Å². The predicted molar refractivity (Wildman–Crippen MR) is 112 cm³/mol. The Bertz CT molecular complexity index is 537. The fourth-order valence-electron chi connectivity index (χ4n) is 3.70. The van der Waals surface area contributed by atoms with Gasteiger partial charge in [0.25, 0.3) is 0 Å². The molecule has 0 N–H and O–H groups in total. The maximum absolute atomic E-state index is 6.99. The summed E-state index contributed by atoms with van der Waals surface area (Å²) in [5.41, 5.74) is 6.44. The maximum atomic E-state index is 6.99. The molecule has 0 aliphatic rings. The van der Waals surface area contributed by atoms with Gasteiger partial charge in [-0.25, -0.2) is 0 Å². The molecule has 1 nitrogen and oxygen atoms in total. The molecule has 1 aromatic rings. The first-order valence-electron chi connectivity index (χ1n) is 9.26. The van der Waals surface area contributed by atoms with E-state index in [1.54, 1.807) is 0 Å². The van der Waals surface area contributed by atoms with Gasteiger partial charge in [-0.05, 0) is 22.2 Å². The van der Waals surface area contributed by atoms with Crippen LogP contribution in [0.1, 0.15) is 53.2 Å². The number of rotatable bonds is 6. The first kappa shape index (κ1) is 21.2. The van der Waals surface area contributed by atoms with Crippen LogP contribution in [0.3, 0.4) is 0 Å². The van der Waals surface area contributed by atoms with Gasteiger partial charge in [-0.3, -0.25) is 0 Å². The molecule has 0 saturated carbocycles. The fourth-order valence-corrected chi connectivity index (χ4v) is 9.69. The Morgan fingerprint density at radius 3 is 1.62 bits per heavy atom. The molecule has 1 atom stereocenters. The lowest BCUT2D eigenvalue weighted by molar-refractivity contribution is 0.229. The van der Waals surface area contributed by atoms with Gasteiger partial charge in [-0.2, -0.15) is 0 Å². The summed E-state index contributed by atoms with van der Waals surface area (Å²) < 4.78 is 6.99. The van der Waals surface area contributed by atoms with E-state index in [9.17, 15) is 0 Å². The van der Waals surface area contributed by atoms with Crippen molar-refractivity contribution in [3.8, 4) is 11.5 Å². The first-order chi connectivity index (χ1) is 11.0. The summed E-state index contributed by atoms with van der Waals surface area (Å²) in [4.78, 5) is 0. The highest BCUT2D eigenvalue weighted by molar-refractivity contribution is 6.83. The lowest BCUT2D eigenvalue weighted by Gasteiger charge is -2.43. The van der Waals surface area contributed by atoms with Crippen molar-refractivity contribution in [3.63, 3.8) is 0 Å². The molecule has 1 unspecified atom stereocenters. The zero-order valence-electron chi connectivity index (χ0n) is 17.1.